The average molecular weight is 128 g/mol. The quantitative estimate of drug-likeness (QED) is 0.527. The normalized spacial score (nSPS) is 12.6. The SMILES string of the molecule is [NH]C([C]=O)CCC(N)=O. The molecular formula is C5H8N2O2. The zero-order valence-electron chi connectivity index (χ0n) is 4.89. The van der Waals surface area contributed by atoms with Gasteiger partial charge >= 0.3 is 0 Å². The van der Waals surface area contributed by atoms with Crippen molar-refractivity contribution in [2.45, 2.75) is 18.9 Å². The van der Waals surface area contributed by atoms with Crippen molar-refractivity contribution in [1.29, 1.82) is 0 Å². The number of amides is 1. The van der Waals surface area contributed by atoms with E-state index in [4.69, 9.17) is 11.5 Å². The molecule has 1 atom stereocenters. The molecule has 0 fully saturated rings. The molecule has 0 rings (SSSR count). The first-order valence-electron chi connectivity index (χ1n) is 2.54. The zero-order chi connectivity index (χ0) is 7.28. The van der Waals surface area contributed by atoms with Crippen LogP contribution in [0.5, 0.6) is 0 Å². The maximum Gasteiger partial charge on any atom is 0.218 e. The molecule has 0 aliphatic carbocycles. The molecule has 0 heterocycles. The van der Waals surface area contributed by atoms with E-state index in [2.05, 4.69) is 0 Å². The lowest BCUT2D eigenvalue weighted by atomic mass is 10.2. The summed E-state index contributed by atoms with van der Waals surface area (Å²) in [7, 11) is 0. The predicted octanol–water partition coefficient (Wildman–Crippen LogP) is -0.987. The van der Waals surface area contributed by atoms with Gasteiger partial charge in [-0.05, 0) is 6.42 Å². The van der Waals surface area contributed by atoms with Crippen LogP contribution in [0.3, 0.4) is 0 Å². The molecule has 4 heteroatoms. The molecule has 0 bridgehead atoms. The van der Waals surface area contributed by atoms with E-state index in [1.54, 1.807) is 0 Å². The Labute approximate surface area is 53.2 Å². The van der Waals surface area contributed by atoms with Crippen LogP contribution in [0, 0.1) is 0 Å². The Morgan fingerprint density at radius 1 is 1.78 bits per heavy atom. The average Bonchev–Trinajstić information content (AvgIpc) is 1.83. The van der Waals surface area contributed by atoms with Gasteiger partial charge in [0.25, 0.3) is 0 Å². The van der Waals surface area contributed by atoms with Crippen LogP contribution in [-0.4, -0.2) is 18.2 Å². The van der Waals surface area contributed by atoms with Gasteiger partial charge in [0.2, 0.25) is 12.2 Å². The van der Waals surface area contributed by atoms with E-state index in [0.29, 0.717) is 0 Å². The number of primary amides is 1. The van der Waals surface area contributed by atoms with Crippen LogP contribution in [0.15, 0.2) is 0 Å². The number of hydrogen-bond donors (Lipinski definition) is 1. The molecule has 2 radical (unpaired) electrons. The first-order chi connectivity index (χ1) is 4.16. The number of hydrogen-bond acceptors (Lipinski definition) is 2. The van der Waals surface area contributed by atoms with E-state index in [1.807, 2.05) is 0 Å². The predicted molar refractivity (Wildman–Crippen MR) is 31.0 cm³/mol. The van der Waals surface area contributed by atoms with Crippen molar-refractivity contribution in [2.75, 3.05) is 0 Å². The summed E-state index contributed by atoms with van der Waals surface area (Å²) >= 11 is 0. The van der Waals surface area contributed by atoms with Crippen molar-refractivity contribution in [3.8, 4) is 0 Å². The van der Waals surface area contributed by atoms with E-state index in [1.165, 1.54) is 6.29 Å². The number of nitrogens with one attached hydrogen (secondary N) is 1. The standard InChI is InChI=1S/C5H8N2O2/c6-4(3-8)1-2-5(7)9/h4,6H,1-2H2,(H2,7,9). The number of carbonyl (C=O) groups is 1. The molecule has 1 unspecified atom stereocenters. The fraction of sp³-hybridized carbons (Fsp3) is 0.600. The first kappa shape index (κ1) is 8.10. The van der Waals surface area contributed by atoms with Crippen molar-refractivity contribution >= 4 is 12.2 Å². The van der Waals surface area contributed by atoms with Crippen LogP contribution in [0.4, 0.5) is 0 Å². The summed E-state index contributed by atoms with van der Waals surface area (Å²) in [5.74, 6) is -0.484. The molecule has 0 aromatic heterocycles. The van der Waals surface area contributed by atoms with Gasteiger partial charge in [0, 0.05) is 6.42 Å². The van der Waals surface area contributed by atoms with Crippen LogP contribution >= 0.6 is 0 Å². The lowest BCUT2D eigenvalue weighted by Crippen LogP contribution is -2.17. The highest BCUT2D eigenvalue weighted by Crippen LogP contribution is 1.90. The zero-order valence-corrected chi connectivity index (χ0v) is 4.89. The molecule has 3 N–H and O–H groups in total. The van der Waals surface area contributed by atoms with Crippen molar-refractivity contribution < 1.29 is 9.59 Å². The number of rotatable bonds is 4. The molecule has 0 spiro atoms. The summed E-state index contributed by atoms with van der Waals surface area (Å²) in [6.07, 6.45) is 1.70. The van der Waals surface area contributed by atoms with Gasteiger partial charge in [0.05, 0.1) is 6.04 Å². The topological polar surface area (TPSA) is 84.0 Å². The number of carbonyl (C=O) groups excluding carboxylic acids is 2. The molecule has 4 nitrogen and oxygen atoms in total. The minimum absolute atomic E-state index is 0.0867. The first-order valence-corrected chi connectivity index (χ1v) is 2.54. The second-order valence-electron chi connectivity index (χ2n) is 1.68. The summed E-state index contributed by atoms with van der Waals surface area (Å²) in [6.45, 7) is 0. The van der Waals surface area contributed by atoms with Crippen LogP contribution < -0.4 is 11.5 Å². The molecule has 1 amide bonds. The Hall–Kier alpha value is -0.900. The van der Waals surface area contributed by atoms with Gasteiger partial charge in [-0.1, -0.05) is 0 Å². The minimum Gasteiger partial charge on any atom is -0.370 e. The highest BCUT2D eigenvalue weighted by atomic mass is 16.1. The molecule has 0 aromatic rings. The molecule has 9 heavy (non-hydrogen) atoms. The highest BCUT2D eigenvalue weighted by molar-refractivity contribution is 5.74. The van der Waals surface area contributed by atoms with E-state index in [0.717, 1.165) is 0 Å². The van der Waals surface area contributed by atoms with Gasteiger partial charge < -0.3 is 5.73 Å². The summed E-state index contributed by atoms with van der Waals surface area (Å²) in [4.78, 5) is 19.7. The Bertz CT molecular complexity index is 114. The maximum absolute atomic E-state index is 10.0. The molecular weight excluding hydrogens is 120 g/mol. The molecule has 0 saturated heterocycles. The van der Waals surface area contributed by atoms with Crippen molar-refractivity contribution in [2.24, 2.45) is 5.73 Å². The molecule has 0 aliphatic rings. The maximum atomic E-state index is 10.0. The third-order valence-electron chi connectivity index (χ3n) is 0.822. The van der Waals surface area contributed by atoms with Crippen LogP contribution in [0.2, 0.25) is 0 Å². The van der Waals surface area contributed by atoms with Gasteiger partial charge in [0.1, 0.15) is 0 Å². The summed E-state index contributed by atoms with van der Waals surface area (Å²) < 4.78 is 0. The summed E-state index contributed by atoms with van der Waals surface area (Å²) in [5, 5.41) is 0. The second kappa shape index (κ2) is 4.03. The van der Waals surface area contributed by atoms with Gasteiger partial charge in [-0.25, -0.2) is 5.73 Å². The van der Waals surface area contributed by atoms with Gasteiger partial charge in [0.15, 0.2) is 0 Å². The fourth-order valence-corrected chi connectivity index (χ4v) is 0.346. The largest absolute Gasteiger partial charge is 0.370 e. The van der Waals surface area contributed by atoms with Gasteiger partial charge in [-0.2, -0.15) is 0 Å². The monoisotopic (exact) mass is 128 g/mol. The van der Waals surface area contributed by atoms with Crippen LogP contribution in [0.1, 0.15) is 12.8 Å². The van der Waals surface area contributed by atoms with E-state index in [-0.39, 0.29) is 12.8 Å². The second-order valence-corrected chi connectivity index (χ2v) is 1.68. The molecule has 0 aromatic carbocycles. The van der Waals surface area contributed by atoms with E-state index in [9.17, 15) is 9.59 Å². The van der Waals surface area contributed by atoms with E-state index >= 15 is 0 Å². The van der Waals surface area contributed by atoms with E-state index < -0.39 is 11.9 Å². The Kier molecular flexibility index (Phi) is 3.62. The highest BCUT2D eigenvalue weighted by Gasteiger charge is 2.03. The van der Waals surface area contributed by atoms with Gasteiger partial charge in [-0.3, -0.25) is 9.59 Å². The van der Waals surface area contributed by atoms with Crippen molar-refractivity contribution in [3.05, 3.63) is 0 Å². The minimum atomic E-state index is -0.919. The molecule has 0 saturated carbocycles. The third kappa shape index (κ3) is 4.96. The number of nitrogens with two attached hydrogens (primary N) is 1. The Morgan fingerprint density at radius 2 is 2.33 bits per heavy atom. The summed E-state index contributed by atoms with van der Waals surface area (Å²) in [5.41, 5.74) is 11.5. The Balaban J connectivity index is 3.26. The van der Waals surface area contributed by atoms with Gasteiger partial charge in [-0.15, -0.1) is 0 Å². The van der Waals surface area contributed by atoms with Crippen molar-refractivity contribution in [1.82, 2.24) is 5.73 Å². The Morgan fingerprint density at radius 3 is 2.67 bits per heavy atom. The molecule has 50 valence electrons. The smallest absolute Gasteiger partial charge is 0.218 e. The van der Waals surface area contributed by atoms with Crippen LogP contribution in [0.25, 0.3) is 0 Å². The van der Waals surface area contributed by atoms with Crippen molar-refractivity contribution in [3.63, 3.8) is 0 Å². The molecule has 0 aliphatic heterocycles. The summed E-state index contributed by atoms with van der Waals surface area (Å²) in [6, 6.07) is -0.919. The third-order valence-corrected chi connectivity index (χ3v) is 0.822. The fourth-order valence-electron chi connectivity index (χ4n) is 0.346. The lowest BCUT2D eigenvalue weighted by Gasteiger charge is -1.95. The van der Waals surface area contributed by atoms with Crippen LogP contribution in [-0.2, 0) is 9.59 Å². The lowest BCUT2D eigenvalue weighted by molar-refractivity contribution is -0.118.